The van der Waals surface area contributed by atoms with Crippen LogP contribution in [-0.4, -0.2) is 73.6 Å². The van der Waals surface area contributed by atoms with Gasteiger partial charge in [0.1, 0.15) is 0 Å². The van der Waals surface area contributed by atoms with Gasteiger partial charge in [-0.05, 0) is 46.8 Å². The molecule has 143 valence electrons. The zero-order valence-corrected chi connectivity index (χ0v) is 16.8. The van der Waals surface area contributed by atoms with E-state index in [1.165, 1.54) is 5.69 Å². The third kappa shape index (κ3) is 4.09. The highest BCUT2D eigenvalue weighted by Crippen LogP contribution is 2.27. The Morgan fingerprint density at radius 1 is 1.04 bits per heavy atom. The van der Waals surface area contributed by atoms with Crippen molar-refractivity contribution in [3.8, 4) is 0 Å². The first-order chi connectivity index (χ1) is 12.1. The molecule has 2 aliphatic heterocycles. The van der Waals surface area contributed by atoms with Crippen molar-refractivity contribution >= 4 is 18.6 Å². The van der Waals surface area contributed by atoms with Gasteiger partial charge in [-0.25, -0.2) is 0 Å². The summed E-state index contributed by atoms with van der Waals surface area (Å²) < 4.78 is 11.2. The summed E-state index contributed by atoms with van der Waals surface area (Å²) in [6.45, 7) is 15.6. The van der Waals surface area contributed by atoms with E-state index in [0.29, 0.717) is 0 Å². The number of hydrogen-bond acceptors (Lipinski definition) is 5. The van der Waals surface area contributed by atoms with Gasteiger partial charge in [0.15, 0.2) is 0 Å². The Balaban J connectivity index is 1.52. The van der Waals surface area contributed by atoms with Crippen LogP contribution in [0.25, 0.3) is 0 Å². The van der Waals surface area contributed by atoms with Gasteiger partial charge in [0.25, 0.3) is 0 Å². The number of ether oxygens (including phenoxy) is 1. The molecule has 1 aromatic rings. The Morgan fingerprint density at radius 2 is 1.62 bits per heavy atom. The van der Waals surface area contributed by atoms with Crippen LogP contribution in [0.1, 0.15) is 34.6 Å². The van der Waals surface area contributed by atoms with Gasteiger partial charge < -0.3 is 19.4 Å². The van der Waals surface area contributed by atoms with E-state index in [9.17, 15) is 5.11 Å². The number of nitrogens with zero attached hydrogens (tertiary/aromatic N) is 2. The minimum atomic E-state index is -0.911. The van der Waals surface area contributed by atoms with Crippen molar-refractivity contribution in [3.05, 3.63) is 24.3 Å². The molecule has 0 spiro atoms. The molecule has 1 aromatic carbocycles. The van der Waals surface area contributed by atoms with Crippen molar-refractivity contribution in [2.45, 2.75) is 51.4 Å². The fraction of sp³-hybridized carbons (Fsp3) is 0.700. The summed E-state index contributed by atoms with van der Waals surface area (Å²) in [5, 5.41) is 10.2. The van der Waals surface area contributed by atoms with E-state index >= 15 is 0 Å². The van der Waals surface area contributed by atoms with E-state index in [-0.39, 0.29) is 5.54 Å². The number of benzene rings is 1. The normalized spacial score (nSPS) is 21.4. The van der Waals surface area contributed by atoms with E-state index in [2.05, 4.69) is 41.0 Å². The Morgan fingerprint density at radius 3 is 2.08 bits per heavy atom. The van der Waals surface area contributed by atoms with E-state index in [1.807, 2.05) is 13.8 Å². The van der Waals surface area contributed by atoms with Gasteiger partial charge in [0.2, 0.25) is 0 Å². The molecule has 26 heavy (non-hydrogen) atoms. The van der Waals surface area contributed by atoms with E-state index in [4.69, 9.17) is 9.39 Å². The molecule has 1 N–H and O–H groups in total. The number of rotatable bonds is 6. The van der Waals surface area contributed by atoms with Crippen LogP contribution in [0.4, 0.5) is 5.69 Å². The monoisotopic (exact) mass is 359 g/mol. The first-order valence-electron chi connectivity index (χ1n) is 9.52. The lowest BCUT2D eigenvalue weighted by atomic mass is 9.82. The summed E-state index contributed by atoms with van der Waals surface area (Å²) >= 11 is 0. The van der Waals surface area contributed by atoms with Crippen molar-refractivity contribution in [1.82, 2.24) is 4.90 Å². The molecule has 2 fully saturated rings. The van der Waals surface area contributed by atoms with Crippen LogP contribution in [-0.2, 0) is 9.39 Å². The largest absolute Gasteiger partial charge is 0.427 e. The lowest BCUT2D eigenvalue weighted by Gasteiger charge is -2.50. The van der Waals surface area contributed by atoms with Crippen molar-refractivity contribution < 1.29 is 14.5 Å². The lowest BCUT2D eigenvalue weighted by Crippen LogP contribution is -2.64. The molecule has 0 unspecified atom stereocenters. The van der Waals surface area contributed by atoms with Crippen LogP contribution in [0.15, 0.2) is 24.3 Å². The smallest absolute Gasteiger partial charge is 0.330 e. The molecule has 6 heteroatoms. The topological polar surface area (TPSA) is 45.2 Å². The zero-order valence-electron chi connectivity index (χ0n) is 16.8. The fourth-order valence-electron chi connectivity index (χ4n) is 3.21. The third-order valence-electron chi connectivity index (χ3n) is 6.09. The molecule has 0 bridgehead atoms. The van der Waals surface area contributed by atoms with E-state index in [1.54, 1.807) is 21.3 Å². The average Bonchev–Trinajstić information content (AvgIpc) is 2.58. The highest BCUT2D eigenvalue weighted by molar-refractivity contribution is 6.47. The highest BCUT2D eigenvalue weighted by Gasteiger charge is 2.40. The average molecular weight is 359 g/mol. The Kier molecular flexibility index (Phi) is 5.41. The number of aliphatic hydroxyl groups is 1. The molecular formula is C20H32BN2O3. The van der Waals surface area contributed by atoms with Gasteiger partial charge in [-0.3, -0.25) is 4.90 Å². The highest BCUT2D eigenvalue weighted by atomic mass is 16.5. The SMILES string of the molecule is CC1(N2CCN(c3ccc([B]OC(C)(C)C(C)(C)O)cc3)CC2)COC1. The molecular weight excluding hydrogens is 327 g/mol. The van der Waals surface area contributed by atoms with Gasteiger partial charge >= 0.3 is 7.48 Å². The third-order valence-corrected chi connectivity index (χ3v) is 6.09. The number of anilines is 1. The molecule has 2 saturated heterocycles. The number of hydrogen-bond donors (Lipinski definition) is 1. The Bertz CT molecular complexity index is 600. The second kappa shape index (κ2) is 7.15. The molecule has 2 aliphatic rings. The molecule has 1 radical (unpaired) electrons. The summed E-state index contributed by atoms with van der Waals surface area (Å²) in [6.07, 6.45) is 0. The summed E-state index contributed by atoms with van der Waals surface area (Å²) in [7, 11) is 1.73. The Hall–Kier alpha value is -1.08. The van der Waals surface area contributed by atoms with Crippen molar-refractivity contribution in [2.24, 2.45) is 0 Å². The molecule has 0 amide bonds. The van der Waals surface area contributed by atoms with Gasteiger partial charge in [0.05, 0.1) is 30.0 Å². The molecule has 5 nitrogen and oxygen atoms in total. The van der Waals surface area contributed by atoms with Crippen LogP contribution < -0.4 is 10.4 Å². The fourth-order valence-corrected chi connectivity index (χ4v) is 3.21. The predicted molar refractivity (Wildman–Crippen MR) is 106 cm³/mol. The van der Waals surface area contributed by atoms with Gasteiger partial charge in [-0.1, -0.05) is 17.6 Å². The van der Waals surface area contributed by atoms with Crippen LogP contribution in [0.2, 0.25) is 0 Å². The van der Waals surface area contributed by atoms with Crippen molar-refractivity contribution in [1.29, 1.82) is 0 Å². The van der Waals surface area contributed by atoms with Crippen LogP contribution in [0, 0.1) is 0 Å². The summed E-state index contributed by atoms with van der Waals surface area (Å²) in [6, 6.07) is 8.44. The van der Waals surface area contributed by atoms with E-state index < -0.39 is 11.2 Å². The number of piperazine rings is 1. The maximum Gasteiger partial charge on any atom is 0.330 e. The molecule has 0 aliphatic carbocycles. The Labute approximate surface area is 158 Å². The van der Waals surface area contributed by atoms with Gasteiger partial charge in [-0.15, -0.1) is 0 Å². The predicted octanol–water partition coefficient (Wildman–Crippen LogP) is 1.41. The van der Waals surface area contributed by atoms with Crippen LogP contribution in [0.5, 0.6) is 0 Å². The first-order valence-corrected chi connectivity index (χ1v) is 9.52. The van der Waals surface area contributed by atoms with Crippen molar-refractivity contribution in [3.63, 3.8) is 0 Å². The molecule has 0 atom stereocenters. The van der Waals surface area contributed by atoms with E-state index in [0.717, 1.165) is 44.9 Å². The summed E-state index contributed by atoms with van der Waals surface area (Å²) in [5.74, 6) is 0. The minimum Gasteiger partial charge on any atom is -0.427 e. The lowest BCUT2D eigenvalue weighted by molar-refractivity contribution is -0.131. The van der Waals surface area contributed by atoms with Crippen molar-refractivity contribution in [2.75, 3.05) is 44.3 Å². The van der Waals surface area contributed by atoms with Gasteiger partial charge in [-0.2, -0.15) is 0 Å². The molecule has 3 rings (SSSR count). The minimum absolute atomic E-state index is 0.246. The second-order valence-corrected chi connectivity index (χ2v) is 8.86. The maximum atomic E-state index is 10.2. The standard InChI is InChI=1S/C20H32BN2O3/c1-18(2,24)19(3,4)26-21-16-6-8-17(9-7-16)22-10-12-23(13-11-22)20(5)14-25-15-20/h6-9,24H,10-15H2,1-5H3. The molecule has 0 saturated carbocycles. The van der Waals surface area contributed by atoms with Crippen LogP contribution >= 0.6 is 0 Å². The summed E-state index contributed by atoms with van der Waals surface area (Å²) in [4.78, 5) is 4.99. The first kappa shape index (κ1) is 19.7. The molecule has 0 aromatic heterocycles. The second-order valence-electron chi connectivity index (χ2n) is 8.86. The molecule has 2 heterocycles. The van der Waals surface area contributed by atoms with Crippen LogP contribution in [0.3, 0.4) is 0 Å². The summed E-state index contributed by atoms with van der Waals surface area (Å²) in [5.41, 5.74) is 0.937. The van der Waals surface area contributed by atoms with Gasteiger partial charge in [0, 0.05) is 31.9 Å². The zero-order chi connectivity index (χ0) is 19.0. The quantitative estimate of drug-likeness (QED) is 0.779. The maximum absolute atomic E-state index is 10.2.